The van der Waals surface area contributed by atoms with Crippen LogP contribution in [0.25, 0.3) is 0 Å². The number of hydrogen-bond donors (Lipinski definition) is 1. The van der Waals surface area contributed by atoms with E-state index in [4.69, 9.17) is 38.5 Å². The molecular formula is C32H40O10. The lowest BCUT2D eigenvalue weighted by Gasteiger charge is -2.44. The third-order valence-corrected chi connectivity index (χ3v) is 7.65. The minimum atomic E-state index is -0.681. The van der Waals surface area contributed by atoms with E-state index < -0.39 is 11.4 Å². The summed E-state index contributed by atoms with van der Waals surface area (Å²) in [6.07, 6.45) is 5.17. The van der Waals surface area contributed by atoms with Gasteiger partial charge in [0.25, 0.3) is 0 Å². The number of carboxylic acid groups (broad SMARTS) is 1. The van der Waals surface area contributed by atoms with Gasteiger partial charge in [-0.2, -0.15) is 19.2 Å². The van der Waals surface area contributed by atoms with Gasteiger partial charge in [-0.05, 0) is 56.6 Å². The van der Waals surface area contributed by atoms with Crippen LogP contribution in [-0.2, 0) is 56.2 Å². The minimum absolute atomic E-state index is 0.0583. The van der Waals surface area contributed by atoms with Gasteiger partial charge in [-0.15, -0.1) is 0 Å². The summed E-state index contributed by atoms with van der Waals surface area (Å²) in [5.41, 5.74) is 1.49. The molecule has 2 aliphatic carbocycles. The second kappa shape index (κ2) is 19.2. The second-order valence-corrected chi connectivity index (χ2v) is 10.1. The summed E-state index contributed by atoms with van der Waals surface area (Å²) in [7, 11) is 0. The lowest BCUT2D eigenvalue weighted by Crippen LogP contribution is -2.48. The highest BCUT2D eigenvalue weighted by Gasteiger charge is 2.51. The van der Waals surface area contributed by atoms with Crippen molar-refractivity contribution >= 4 is 24.2 Å². The van der Waals surface area contributed by atoms with Gasteiger partial charge in [0, 0.05) is 0 Å². The van der Waals surface area contributed by atoms with E-state index in [1.165, 1.54) is 5.56 Å². The quantitative estimate of drug-likeness (QED) is 0.357. The van der Waals surface area contributed by atoms with E-state index in [2.05, 4.69) is 12.1 Å². The van der Waals surface area contributed by atoms with Crippen LogP contribution in [0.4, 0.5) is 0 Å². The zero-order valence-electron chi connectivity index (χ0n) is 24.4. The zero-order valence-corrected chi connectivity index (χ0v) is 24.4. The number of ether oxygens (including phenoxy) is 3. The van der Waals surface area contributed by atoms with Gasteiger partial charge in [0.15, 0.2) is 0 Å². The van der Waals surface area contributed by atoms with Crippen LogP contribution in [0, 0.1) is 10.8 Å². The van der Waals surface area contributed by atoms with Crippen molar-refractivity contribution in [2.24, 2.45) is 10.8 Å². The molecule has 0 amide bonds. The molecule has 0 aromatic heterocycles. The Kier molecular flexibility index (Phi) is 16.5. The highest BCUT2D eigenvalue weighted by atomic mass is 16.5. The monoisotopic (exact) mass is 584 g/mol. The molecule has 228 valence electrons. The maximum Gasteiger partial charge on any atom is 0.373 e. The third-order valence-electron chi connectivity index (χ3n) is 7.65. The Morgan fingerprint density at radius 3 is 1.38 bits per heavy atom. The predicted octanol–water partition coefficient (Wildman–Crippen LogP) is 5.00. The molecule has 4 rings (SSSR count). The fourth-order valence-corrected chi connectivity index (χ4v) is 4.93. The first-order valence-corrected chi connectivity index (χ1v) is 13.9. The molecule has 1 N–H and O–H groups in total. The molecule has 2 aromatic carbocycles. The molecule has 0 bridgehead atoms. The first kappa shape index (κ1) is 36.1. The van der Waals surface area contributed by atoms with Crippen molar-refractivity contribution in [1.29, 1.82) is 0 Å². The third kappa shape index (κ3) is 11.1. The van der Waals surface area contributed by atoms with Gasteiger partial charge in [0.2, 0.25) is 0 Å². The average molecular weight is 585 g/mol. The Balaban J connectivity index is 0.000000355. The van der Waals surface area contributed by atoms with Gasteiger partial charge in [-0.25, -0.2) is 0 Å². The molecule has 2 aliphatic rings. The molecule has 2 saturated carbocycles. The average Bonchev–Trinajstić information content (AvgIpc) is 2.94. The molecular weight excluding hydrogens is 544 g/mol. The normalized spacial score (nSPS) is 23.1. The van der Waals surface area contributed by atoms with E-state index in [0.717, 1.165) is 24.8 Å². The molecule has 0 atom stereocenters. The topological polar surface area (TPSA) is 150 Å². The van der Waals surface area contributed by atoms with Crippen LogP contribution in [-0.4, -0.2) is 48.2 Å². The lowest BCUT2D eigenvalue weighted by atomic mass is 9.65. The number of benzene rings is 2. The lowest BCUT2D eigenvalue weighted by molar-refractivity contribution is -0.193. The molecule has 10 heteroatoms. The largest absolute Gasteiger partial charge is 0.481 e. The highest BCUT2D eigenvalue weighted by Crippen LogP contribution is 2.47. The van der Waals surface area contributed by atoms with Crippen molar-refractivity contribution in [3.8, 4) is 0 Å². The maximum absolute atomic E-state index is 11.9. The Bertz CT molecular complexity index is 1110. The second-order valence-electron chi connectivity index (χ2n) is 10.1. The molecule has 0 radical (unpaired) electrons. The summed E-state index contributed by atoms with van der Waals surface area (Å²) < 4.78 is 16.7. The van der Waals surface area contributed by atoms with Crippen LogP contribution in [0.1, 0.15) is 70.4 Å². The van der Waals surface area contributed by atoms with Crippen molar-refractivity contribution < 1.29 is 48.1 Å². The first-order valence-electron chi connectivity index (χ1n) is 13.9. The van der Waals surface area contributed by atoms with Crippen LogP contribution in [0.3, 0.4) is 0 Å². The van der Waals surface area contributed by atoms with E-state index in [1.807, 2.05) is 69.3 Å². The predicted molar refractivity (Wildman–Crippen MR) is 148 cm³/mol. The van der Waals surface area contributed by atoms with Crippen molar-refractivity contribution in [3.05, 3.63) is 71.8 Å². The molecule has 0 aliphatic heterocycles. The number of carbonyl (C=O) groups excluding carboxylic acids is 5. The Morgan fingerprint density at radius 2 is 1.07 bits per heavy atom. The van der Waals surface area contributed by atoms with Crippen LogP contribution in [0.15, 0.2) is 60.7 Å². The summed E-state index contributed by atoms with van der Waals surface area (Å²) in [4.78, 5) is 55.5. The van der Waals surface area contributed by atoms with Crippen LogP contribution >= 0.6 is 0 Å². The van der Waals surface area contributed by atoms with Gasteiger partial charge in [-0.1, -0.05) is 74.5 Å². The van der Waals surface area contributed by atoms with E-state index in [0.29, 0.717) is 39.1 Å². The summed E-state index contributed by atoms with van der Waals surface area (Å²) in [5, 5.41) is 9.13. The van der Waals surface area contributed by atoms with Gasteiger partial charge in [0.05, 0.1) is 42.9 Å². The molecule has 2 fully saturated rings. The summed E-state index contributed by atoms with van der Waals surface area (Å²) in [6, 6.07) is 20.1. The van der Waals surface area contributed by atoms with Crippen molar-refractivity contribution in [2.45, 2.75) is 84.7 Å². The number of carbonyl (C=O) groups is 2. The summed E-state index contributed by atoms with van der Waals surface area (Å²) in [5.74, 6) is -0.739. The molecule has 0 spiro atoms. The molecule has 42 heavy (non-hydrogen) atoms. The van der Waals surface area contributed by atoms with Crippen LogP contribution in [0.5, 0.6) is 0 Å². The van der Waals surface area contributed by atoms with E-state index in [-0.39, 0.29) is 35.9 Å². The SMILES string of the molecule is CCC1(C(=O)O)CC(OCc2ccccc2)C1.CCOC(=O)C1(CC)CC(OCc2ccccc2)C1.O=C=O.O=C=O. The van der Waals surface area contributed by atoms with Gasteiger partial charge in [0.1, 0.15) is 0 Å². The van der Waals surface area contributed by atoms with Gasteiger partial charge < -0.3 is 19.3 Å². The number of aliphatic carboxylic acids is 1. The van der Waals surface area contributed by atoms with Gasteiger partial charge in [-0.3, -0.25) is 9.59 Å². The number of carboxylic acids is 1. The molecule has 0 saturated heterocycles. The summed E-state index contributed by atoms with van der Waals surface area (Å²) >= 11 is 0. The zero-order chi connectivity index (χ0) is 31.4. The standard InChI is InChI=1S/C16H22O3.C14H18O3.2CO2/c1-3-16(15(17)18-4-2)10-14(11-16)19-12-13-8-6-5-7-9-13;1-2-14(13(15)16)8-12(9-14)17-10-11-6-4-3-5-7-11;2*2-1-3/h5-9,14H,3-4,10-12H2,1-2H3;3-7,12H,2,8-10H2,1H3,(H,15,16);;. The van der Waals surface area contributed by atoms with Gasteiger partial charge >= 0.3 is 24.2 Å². The highest BCUT2D eigenvalue weighted by molar-refractivity contribution is 5.78. The molecule has 2 aromatic rings. The minimum Gasteiger partial charge on any atom is -0.481 e. The molecule has 0 heterocycles. The van der Waals surface area contributed by atoms with E-state index >= 15 is 0 Å². The molecule has 0 unspecified atom stereocenters. The number of rotatable bonds is 11. The van der Waals surface area contributed by atoms with Crippen molar-refractivity contribution in [2.75, 3.05) is 6.61 Å². The number of esters is 1. The number of hydrogen-bond acceptors (Lipinski definition) is 9. The van der Waals surface area contributed by atoms with Crippen LogP contribution in [0.2, 0.25) is 0 Å². The Hall–Kier alpha value is -3.94. The summed E-state index contributed by atoms with van der Waals surface area (Å²) in [6.45, 7) is 7.48. The first-order chi connectivity index (χ1) is 20.2. The molecule has 10 nitrogen and oxygen atoms in total. The van der Waals surface area contributed by atoms with Crippen LogP contribution < -0.4 is 0 Å². The Morgan fingerprint density at radius 1 is 0.714 bits per heavy atom. The van der Waals surface area contributed by atoms with E-state index in [9.17, 15) is 9.59 Å². The van der Waals surface area contributed by atoms with Crippen molar-refractivity contribution in [1.82, 2.24) is 0 Å². The van der Waals surface area contributed by atoms with E-state index in [1.54, 1.807) is 0 Å². The van der Waals surface area contributed by atoms with Crippen molar-refractivity contribution in [3.63, 3.8) is 0 Å². The smallest absolute Gasteiger partial charge is 0.373 e. The maximum atomic E-state index is 11.9. The fraction of sp³-hybridized carbons (Fsp3) is 0.500. The fourth-order valence-electron chi connectivity index (χ4n) is 4.93. The Labute approximate surface area is 246 Å².